The molecular formula is C15H25N3O2. The van der Waals surface area contributed by atoms with Gasteiger partial charge in [0.25, 0.3) is 5.91 Å². The SMILES string of the molecule is CCCn1cc(N)cc1C(=O)NC(C)C1CCOCC1. The van der Waals surface area contributed by atoms with Crippen LogP contribution in [0.2, 0.25) is 0 Å². The number of nitrogen functional groups attached to an aromatic ring is 1. The average molecular weight is 279 g/mol. The lowest BCUT2D eigenvalue weighted by molar-refractivity contribution is 0.0537. The largest absolute Gasteiger partial charge is 0.397 e. The number of nitrogens with two attached hydrogens (primary N) is 1. The monoisotopic (exact) mass is 279 g/mol. The quantitative estimate of drug-likeness (QED) is 0.866. The van der Waals surface area contributed by atoms with Crippen molar-refractivity contribution in [1.29, 1.82) is 0 Å². The lowest BCUT2D eigenvalue weighted by Crippen LogP contribution is -2.40. The summed E-state index contributed by atoms with van der Waals surface area (Å²) in [6.07, 6.45) is 4.83. The number of hydrogen-bond acceptors (Lipinski definition) is 3. The Bertz CT molecular complexity index is 450. The molecule has 20 heavy (non-hydrogen) atoms. The Morgan fingerprint density at radius 1 is 1.55 bits per heavy atom. The summed E-state index contributed by atoms with van der Waals surface area (Å²) in [4.78, 5) is 12.4. The fraction of sp³-hybridized carbons (Fsp3) is 0.667. The molecule has 0 aliphatic carbocycles. The smallest absolute Gasteiger partial charge is 0.268 e. The molecule has 1 aromatic rings. The van der Waals surface area contributed by atoms with E-state index in [2.05, 4.69) is 19.2 Å². The van der Waals surface area contributed by atoms with E-state index in [0.29, 0.717) is 17.3 Å². The van der Waals surface area contributed by atoms with Gasteiger partial charge in [-0.1, -0.05) is 6.92 Å². The normalized spacial score (nSPS) is 17.9. The average Bonchev–Trinajstić information content (AvgIpc) is 2.81. The molecule has 2 heterocycles. The Morgan fingerprint density at radius 3 is 2.90 bits per heavy atom. The molecule has 1 aromatic heterocycles. The zero-order valence-corrected chi connectivity index (χ0v) is 12.4. The van der Waals surface area contributed by atoms with E-state index in [1.807, 2.05) is 10.8 Å². The second-order valence-corrected chi connectivity index (χ2v) is 5.56. The molecule has 1 aliphatic rings. The van der Waals surface area contributed by atoms with Crippen LogP contribution in [0.1, 0.15) is 43.6 Å². The lowest BCUT2D eigenvalue weighted by atomic mass is 9.93. The van der Waals surface area contributed by atoms with Gasteiger partial charge < -0.3 is 20.4 Å². The van der Waals surface area contributed by atoms with Crippen LogP contribution < -0.4 is 11.1 Å². The molecule has 5 heteroatoms. The zero-order chi connectivity index (χ0) is 14.5. The number of carbonyl (C=O) groups excluding carboxylic acids is 1. The second-order valence-electron chi connectivity index (χ2n) is 5.56. The maximum absolute atomic E-state index is 12.4. The third kappa shape index (κ3) is 3.54. The summed E-state index contributed by atoms with van der Waals surface area (Å²) in [5, 5.41) is 3.11. The number of rotatable bonds is 5. The van der Waals surface area contributed by atoms with Crippen molar-refractivity contribution in [3.8, 4) is 0 Å². The van der Waals surface area contributed by atoms with Gasteiger partial charge in [-0.2, -0.15) is 0 Å². The van der Waals surface area contributed by atoms with Gasteiger partial charge in [0.1, 0.15) is 5.69 Å². The number of amides is 1. The third-order valence-corrected chi connectivity index (χ3v) is 3.95. The van der Waals surface area contributed by atoms with Gasteiger partial charge in [-0.3, -0.25) is 4.79 Å². The van der Waals surface area contributed by atoms with Crippen molar-refractivity contribution in [3.05, 3.63) is 18.0 Å². The topological polar surface area (TPSA) is 69.3 Å². The molecule has 1 aliphatic heterocycles. The maximum atomic E-state index is 12.4. The number of ether oxygens (including phenoxy) is 1. The number of nitrogens with one attached hydrogen (secondary N) is 1. The van der Waals surface area contributed by atoms with E-state index in [4.69, 9.17) is 10.5 Å². The minimum atomic E-state index is -0.0332. The van der Waals surface area contributed by atoms with Crippen LogP contribution in [0.5, 0.6) is 0 Å². The van der Waals surface area contributed by atoms with Crippen LogP contribution in [-0.2, 0) is 11.3 Å². The highest BCUT2D eigenvalue weighted by molar-refractivity contribution is 5.94. The third-order valence-electron chi connectivity index (χ3n) is 3.95. The first-order chi connectivity index (χ1) is 9.61. The van der Waals surface area contributed by atoms with Crippen LogP contribution >= 0.6 is 0 Å². The van der Waals surface area contributed by atoms with Gasteiger partial charge in [0.15, 0.2) is 0 Å². The van der Waals surface area contributed by atoms with Crippen LogP contribution in [-0.4, -0.2) is 29.7 Å². The highest BCUT2D eigenvalue weighted by Gasteiger charge is 2.23. The molecule has 1 saturated heterocycles. The first-order valence-electron chi connectivity index (χ1n) is 7.46. The standard InChI is InChI=1S/C15H25N3O2/c1-3-6-18-10-13(16)9-14(18)15(19)17-11(2)12-4-7-20-8-5-12/h9-12H,3-8,16H2,1-2H3,(H,17,19). The molecule has 0 spiro atoms. The summed E-state index contributed by atoms with van der Waals surface area (Å²) >= 11 is 0. The number of anilines is 1. The van der Waals surface area contributed by atoms with Gasteiger partial charge in [-0.15, -0.1) is 0 Å². The van der Waals surface area contributed by atoms with Crippen LogP contribution in [0.25, 0.3) is 0 Å². The molecule has 0 saturated carbocycles. The number of nitrogens with zero attached hydrogens (tertiary/aromatic N) is 1. The summed E-state index contributed by atoms with van der Waals surface area (Å²) in [6, 6.07) is 1.92. The van der Waals surface area contributed by atoms with E-state index < -0.39 is 0 Å². The summed E-state index contributed by atoms with van der Waals surface area (Å²) < 4.78 is 7.29. The number of aromatic nitrogens is 1. The van der Waals surface area contributed by atoms with E-state index in [1.165, 1.54) is 0 Å². The van der Waals surface area contributed by atoms with Gasteiger partial charge in [0.2, 0.25) is 0 Å². The minimum absolute atomic E-state index is 0.0332. The minimum Gasteiger partial charge on any atom is -0.397 e. The van der Waals surface area contributed by atoms with Crippen LogP contribution in [0.3, 0.4) is 0 Å². The predicted octanol–water partition coefficient (Wildman–Crippen LogP) is 2.03. The van der Waals surface area contributed by atoms with E-state index in [1.54, 1.807) is 6.07 Å². The van der Waals surface area contributed by atoms with Gasteiger partial charge in [0.05, 0.1) is 5.69 Å². The Kier molecular flexibility index (Phi) is 5.06. The van der Waals surface area contributed by atoms with Crippen molar-refractivity contribution in [2.75, 3.05) is 18.9 Å². The predicted molar refractivity (Wildman–Crippen MR) is 79.6 cm³/mol. The Labute approximate surface area is 120 Å². The van der Waals surface area contributed by atoms with E-state index in [9.17, 15) is 4.79 Å². The highest BCUT2D eigenvalue weighted by atomic mass is 16.5. The molecule has 0 radical (unpaired) electrons. The molecule has 2 rings (SSSR count). The summed E-state index contributed by atoms with van der Waals surface area (Å²) in [5.74, 6) is 0.466. The molecule has 0 aromatic carbocycles. The van der Waals surface area contributed by atoms with Crippen LogP contribution in [0, 0.1) is 5.92 Å². The molecule has 112 valence electrons. The fourth-order valence-corrected chi connectivity index (χ4v) is 2.76. The second kappa shape index (κ2) is 6.79. The Morgan fingerprint density at radius 2 is 2.25 bits per heavy atom. The number of aryl methyl sites for hydroxylation is 1. The van der Waals surface area contributed by atoms with Crippen molar-refractivity contribution in [1.82, 2.24) is 9.88 Å². The summed E-state index contributed by atoms with van der Waals surface area (Å²) in [6.45, 7) is 6.56. The van der Waals surface area contributed by atoms with Crippen molar-refractivity contribution in [2.45, 2.75) is 45.7 Å². The molecule has 3 N–H and O–H groups in total. The highest BCUT2D eigenvalue weighted by Crippen LogP contribution is 2.19. The van der Waals surface area contributed by atoms with Gasteiger partial charge in [-0.05, 0) is 38.2 Å². The maximum Gasteiger partial charge on any atom is 0.268 e. The summed E-state index contributed by atoms with van der Waals surface area (Å²) in [5.41, 5.74) is 7.10. The first kappa shape index (κ1) is 14.9. The molecule has 5 nitrogen and oxygen atoms in total. The Hall–Kier alpha value is -1.49. The molecule has 1 fully saturated rings. The lowest BCUT2D eigenvalue weighted by Gasteiger charge is -2.28. The van der Waals surface area contributed by atoms with Gasteiger partial charge >= 0.3 is 0 Å². The van der Waals surface area contributed by atoms with E-state index >= 15 is 0 Å². The Balaban J connectivity index is 2.00. The first-order valence-corrected chi connectivity index (χ1v) is 7.46. The fourth-order valence-electron chi connectivity index (χ4n) is 2.76. The molecule has 1 amide bonds. The van der Waals surface area contributed by atoms with Gasteiger partial charge in [-0.25, -0.2) is 0 Å². The van der Waals surface area contributed by atoms with Gasteiger partial charge in [0, 0.05) is 32.0 Å². The summed E-state index contributed by atoms with van der Waals surface area (Å²) in [7, 11) is 0. The number of carbonyl (C=O) groups is 1. The molecule has 1 unspecified atom stereocenters. The van der Waals surface area contributed by atoms with Crippen molar-refractivity contribution in [3.63, 3.8) is 0 Å². The zero-order valence-electron chi connectivity index (χ0n) is 12.4. The molecule has 1 atom stereocenters. The van der Waals surface area contributed by atoms with Crippen molar-refractivity contribution in [2.24, 2.45) is 5.92 Å². The van der Waals surface area contributed by atoms with E-state index in [-0.39, 0.29) is 11.9 Å². The van der Waals surface area contributed by atoms with E-state index in [0.717, 1.165) is 39.0 Å². The van der Waals surface area contributed by atoms with Crippen molar-refractivity contribution < 1.29 is 9.53 Å². The molecule has 0 bridgehead atoms. The van der Waals surface area contributed by atoms with Crippen LogP contribution in [0.4, 0.5) is 5.69 Å². The number of hydrogen-bond donors (Lipinski definition) is 2. The van der Waals surface area contributed by atoms with Crippen molar-refractivity contribution >= 4 is 11.6 Å². The molecular weight excluding hydrogens is 254 g/mol. The van der Waals surface area contributed by atoms with Crippen LogP contribution in [0.15, 0.2) is 12.3 Å².